The van der Waals surface area contributed by atoms with Gasteiger partial charge in [0.2, 0.25) is 0 Å². The van der Waals surface area contributed by atoms with Gasteiger partial charge in [-0.3, -0.25) is 4.79 Å². The van der Waals surface area contributed by atoms with Crippen molar-refractivity contribution >= 4 is 33.5 Å². The first-order valence-electron chi connectivity index (χ1n) is 11.8. The molecule has 1 aromatic carbocycles. The molecule has 0 radical (unpaired) electrons. The molecule has 1 unspecified atom stereocenters. The molecule has 2 saturated heterocycles. The van der Waals surface area contributed by atoms with Crippen molar-refractivity contribution in [3.63, 3.8) is 0 Å². The molecule has 35 heavy (non-hydrogen) atoms. The van der Waals surface area contributed by atoms with Crippen LogP contribution in [-0.2, 0) is 14.6 Å². The van der Waals surface area contributed by atoms with E-state index in [1.54, 1.807) is 15.9 Å². The number of aryl methyl sites for hydroxylation is 2. The van der Waals surface area contributed by atoms with Gasteiger partial charge in [-0.1, -0.05) is 6.07 Å². The van der Waals surface area contributed by atoms with E-state index in [9.17, 15) is 23.1 Å². The summed E-state index contributed by atoms with van der Waals surface area (Å²) in [5.74, 6) is 0.565. The smallest absolute Gasteiger partial charge is 0.255 e. The van der Waals surface area contributed by atoms with E-state index in [2.05, 4.69) is 16.0 Å². The van der Waals surface area contributed by atoms with E-state index in [4.69, 9.17) is 0 Å². The molecule has 1 amide bonds. The predicted molar refractivity (Wildman–Crippen MR) is 134 cm³/mol. The molecule has 2 atom stereocenters. The van der Waals surface area contributed by atoms with Crippen LogP contribution in [0, 0.1) is 13.8 Å². The first-order chi connectivity index (χ1) is 16.6. The van der Waals surface area contributed by atoms with Crippen LogP contribution in [0.2, 0.25) is 0 Å². The number of anilines is 2. The predicted octanol–water partition coefficient (Wildman–Crippen LogP) is 1.59. The molecule has 1 N–H and O–H groups in total. The van der Waals surface area contributed by atoms with Crippen LogP contribution >= 0.6 is 0 Å². The monoisotopic (exact) mass is 500 g/mol. The summed E-state index contributed by atoms with van der Waals surface area (Å²) < 4.78 is 25.4. The van der Waals surface area contributed by atoms with E-state index < -0.39 is 15.9 Å². The zero-order valence-corrected chi connectivity index (χ0v) is 21.2. The maximum absolute atomic E-state index is 13.4. The average Bonchev–Trinajstić information content (AvgIpc) is 3.26. The Hall–Kier alpha value is -2.98. The molecule has 2 aliphatic heterocycles. The molecule has 9 nitrogen and oxygen atoms in total. The van der Waals surface area contributed by atoms with Crippen molar-refractivity contribution in [3.8, 4) is 0 Å². The van der Waals surface area contributed by atoms with Gasteiger partial charge in [0, 0.05) is 44.3 Å². The number of nitrogens with zero attached hydrogens (tertiary/aromatic N) is 4. The van der Waals surface area contributed by atoms with Crippen molar-refractivity contribution < 1.29 is 23.1 Å². The molecule has 0 spiro atoms. The largest absolute Gasteiger partial charge is 0.394 e. The summed E-state index contributed by atoms with van der Waals surface area (Å²) in [7, 11) is -3.73. The number of amides is 1. The van der Waals surface area contributed by atoms with E-state index in [1.165, 1.54) is 12.1 Å². The van der Waals surface area contributed by atoms with Crippen molar-refractivity contribution in [2.24, 2.45) is 0 Å². The number of aromatic nitrogens is 1. The van der Waals surface area contributed by atoms with Crippen LogP contribution in [-0.4, -0.2) is 86.7 Å². The van der Waals surface area contributed by atoms with Gasteiger partial charge in [0.1, 0.15) is 12.1 Å². The Kier molecular flexibility index (Phi) is 7.14. The van der Waals surface area contributed by atoms with Gasteiger partial charge in [0.15, 0.2) is 9.84 Å². The summed E-state index contributed by atoms with van der Waals surface area (Å²) in [6.45, 7) is 5.97. The third kappa shape index (κ3) is 5.04. The van der Waals surface area contributed by atoms with Crippen molar-refractivity contribution in [1.29, 1.82) is 0 Å². The van der Waals surface area contributed by atoms with Gasteiger partial charge in [-0.25, -0.2) is 13.4 Å². The highest BCUT2D eigenvalue weighted by Crippen LogP contribution is 2.33. The van der Waals surface area contributed by atoms with E-state index in [0.717, 1.165) is 29.5 Å². The van der Waals surface area contributed by atoms with Crippen molar-refractivity contribution in [1.82, 2.24) is 9.88 Å². The topological polar surface area (TPSA) is 111 Å². The summed E-state index contributed by atoms with van der Waals surface area (Å²) in [5.41, 5.74) is 2.81. The molecule has 0 saturated carbocycles. The highest BCUT2D eigenvalue weighted by molar-refractivity contribution is 7.90. The standard InChI is InChI=1S/C25H32N4O5S/c1-17-12-18(2)24(26-14-17)27-8-10-28(11-9-27)25(32)22-7-6-19(13-23(22)35(3,33)34)29-20(15-30)4-5-21(29)16-31/h6-7,12-15,20-21,31H,4-5,8-11,16H2,1-3H3/t20?,21-/m0/s1. The second-order valence-corrected chi connectivity index (χ2v) is 11.4. The summed E-state index contributed by atoms with van der Waals surface area (Å²) in [5, 5.41) is 9.74. The molecule has 188 valence electrons. The van der Waals surface area contributed by atoms with E-state index >= 15 is 0 Å². The lowest BCUT2D eigenvalue weighted by Crippen LogP contribution is -2.49. The lowest BCUT2D eigenvalue weighted by Gasteiger charge is -2.36. The SMILES string of the molecule is Cc1cnc(N2CCN(C(=O)c3ccc(N4C(C=O)CC[C@H]4CO)cc3S(C)(=O)=O)CC2)c(C)c1. The molecule has 10 heteroatoms. The number of hydrogen-bond donors (Lipinski definition) is 1. The first-order valence-corrected chi connectivity index (χ1v) is 13.7. The number of sulfone groups is 1. The van der Waals surface area contributed by atoms with Crippen LogP contribution in [0.1, 0.15) is 34.3 Å². The fourth-order valence-corrected chi connectivity index (χ4v) is 6.00. The second kappa shape index (κ2) is 9.94. The molecule has 2 fully saturated rings. The highest BCUT2D eigenvalue weighted by atomic mass is 32.2. The highest BCUT2D eigenvalue weighted by Gasteiger charge is 2.34. The molecule has 0 bridgehead atoms. The number of aliphatic hydroxyl groups excluding tert-OH is 1. The maximum atomic E-state index is 13.4. The van der Waals surface area contributed by atoms with Gasteiger partial charge in [-0.2, -0.15) is 0 Å². The van der Waals surface area contributed by atoms with Gasteiger partial charge in [-0.15, -0.1) is 0 Å². The molecule has 2 aliphatic rings. The fraction of sp³-hybridized carbons (Fsp3) is 0.480. The Bertz CT molecular complexity index is 1220. The summed E-state index contributed by atoms with van der Waals surface area (Å²) >= 11 is 0. The van der Waals surface area contributed by atoms with Gasteiger partial charge in [0.25, 0.3) is 5.91 Å². The van der Waals surface area contributed by atoms with Crippen LogP contribution in [0.25, 0.3) is 0 Å². The lowest BCUT2D eigenvalue weighted by atomic mass is 10.1. The number of aliphatic hydroxyl groups is 1. The number of carbonyl (C=O) groups excluding carboxylic acids is 2. The normalized spacial score (nSPS) is 20.9. The lowest BCUT2D eigenvalue weighted by molar-refractivity contribution is -0.108. The Balaban J connectivity index is 1.57. The van der Waals surface area contributed by atoms with Crippen LogP contribution in [0.5, 0.6) is 0 Å². The van der Waals surface area contributed by atoms with Crippen LogP contribution in [0.15, 0.2) is 35.4 Å². The number of hydrogen-bond acceptors (Lipinski definition) is 8. The molecular weight excluding hydrogens is 468 g/mol. The quantitative estimate of drug-likeness (QED) is 0.596. The first kappa shape index (κ1) is 25.1. The van der Waals surface area contributed by atoms with Gasteiger partial charge in [-0.05, 0) is 56.0 Å². The Morgan fingerprint density at radius 1 is 1.14 bits per heavy atom. The van der Waals surface area contributed by atoms with E-state index in [1.807, 2.05) is 20.0 Å². The Labute approximate surface area is 206 Å². The third-order valence-corrected chi connectivity index (χ3v) is 8.00. The summed E-state index contributed by atoms with van der Waals surface area (Å²) in [6.07, 6.45) is 4.95. The van der Waals surface area contributed by atoms with E-state index in [-0.39, 0.29) is 29.0 Å². The molecular formula is C25H32N4O5S. The molecule has 4 rings (SSSR count). The summed E-state index contributed by atoms with van der Waals surface area (Å²) in [6, 6.07) is 6.03. The minimum Gasteiger partial charge on any atom is -0.394 e. The fourth-order valence-electron chi connectivity index (χ4n) is 5.11. The van der Waals surface area contributed by atoms with Gasteiger partial charge < -0.3 is 24.6 Å². The number of pyridine rings is 1. The Morgan fingerprint density at radius 2 is 1.86 bits per heavy atom. The molecule has 3 heterocycles. The van der Waals surface area contributed by atoms with Crippen molar-refractivity contribution in [2.45, 2.75) is 43.7 Å². The number of aldehydes is 1. The van der Waals surface area contributed by atoms with Crippen molar-refractivity contribution in [2.75, 3.05) is 48.8 Å². The molecule has 1 aromatic heterocycles. The van der Waals surface area contributed by atoms with E-state index in [0.29, 0.717) is 44.7 Å². The Morgan fingerprint density at radius 3 is 2.46 bits per heavy atom. The number of carbonyl (C=O) groups is 2. The molecule has 0 aliphatic carbocycles. The minimum absolute atomic E-state index is 0.0632. The van der Waals surface area contributed by atoms with Crippen LogP contribution in [0.3, 0.4) is 0 Å². The number of benzene rings is 1. The van der Waals surface area contributed by atoms with Crippen LogP contribution < -0.4 is 9.80 Å². The third-order valence-electron chi connectivity index (χ3n) is 6.86. The zero-order chi connectivity index (χ0) is 25.3. The van der Waals surface area contributed by atoms with Crippen molar-refractivity contribution in [3.05, 3.63) is 47.2 Å². The second-order valence-electron chi connectivity index (χ2n) is 9.41. The summed E-state index contributed by atoms with van der Waals surface area (Å²) in [4.78, 5) is 35.0. The zero-order valence-electron chi connectivity index (χ0n) is 20.3. The van der Waals surface area contributed by atoms with Gasteiger partial charge in [0.05, 0.1) is 29.1 Å². The van der Waals surface area contributed by atoms with Gasteiger partial charge >= 0.3 is 0 Å². The number of rotatable bonds is 6. The maximum Gasteiger partial charge on any atom is 0.255 e. The molecule has 2 aromatic rings. The minimum atomic E-state index is -3.73. The average molecular weight is 501 g/mol. The number of piperazine rings is 1. The van der Waals surface area contributed by atoms with Crippen LogP contribution in [0.4, 0.5) is 11.5 Å².